The monoisotopic (exact) mass is 420 g/mol. The Balaban J connectivity index is 1.58. The summed E-state index contributed by atoms with van der Waals surface area (Å²) >= 11 is 0. The second kappa shape index (κ2) is 11.3. The Kier molecular flexibility index (Phi) is 7.99. The number of alkyl carbamates (subject to hydrolysis) is 1. The number of aromatic nitrogens is 1. The highest BCUT2D eigenvalue weighted by Gasteiger charge is 2.23. The SMILES string of the molecule is COC(=O)C(Cc1cccc(OCc2ccccc2)n1)NC(=O)OCc1ccccc1. The molecule has 1 aromatic heterocycles. The van der Waals surface area contributed by atoms with Crippen LogP contribution in [0.2, 0.25) is 0 Å². The number of nitrogens with zero attached hydrogens (tertiary/aromatic N) is 1. The summed E-state index contributed by atoms with van der Waals surface area (Å²) in [7, 11) is 1.26. The van der Waals surface area contributed by atoms with E-state index in [1.54, 1.807) is 18.2 Å². The lowest BCUT2D eigenvalue weighted by atomic mass is 10.1. The molecule has 1 unspecified atom stereocenters. The van der Waals surface area contributed by atoms with Crippen LogP contribution in [0, 0.1) is 0 Å². The zero-order valence-corrected chi connectivity index (χ0v) is 17.2. The van der Waals surface area contributed by atoms with E-state index in [-0.39, 0.29) is 13.0 Å². The molecule has 3 rings (SSSR count). The van der Waals surface area contributed by atoms with Crippen molar-refractivity contribution in [3.8, 4) is 5.88 Å². The lowest BCUT2D eigenvalue weighted by Crippen LogP contribution is -2.43. The van der Waals surface area contributed by atoms with Crippen LogP contribution in [-0.4, -0.2) is 30.2 Å². The number of rotatable bonds is 9. The van der Waals surface area contributed by atoms with Crippen LogP contribution in [0.4, 0.5) is 4.79 Å². The number of methoxy groups -OCH3 is 1. The van der Waals surface area contributed by atoms with Crippen molar-refractivity contribution >= 4 is 12.1 Å². The van der Waals surface area contributed by atoms with Gasteiger partial charge in [-0.25, -0.2) is 14.6 Å². The summed E-state index contributed by atoms with van der Waals surface area (Å²) in [6.07, 6.45) is -0.578. The number of esters is 1. The van der Waals surface area contributed by atoms with Crippen LogP contribution in [0.15, 0.2) is 78.9 Å². The number of nitrogens with one attached hydrogen (secondary N) is 1. The average molecular weight is 420 g/mol. The first-order valence-electron chi connectivity index (χ1n) is 9.82. The summed E-state index contributed by atoms with van der Waals surface area (Å²) in [5, 5.41) is 2.55. The van der Waals surface area contributed by atoms with Gasteiger partial charge in [-0.2, -0.15) is 0 Å². The van der Waals surface area contributed by atoms with Gasteiger partial charge >= 0.3 is 12.1 Å². The number of benzene rings is 2. The molecule has 1 atom stereocenters. The Hall–Kier alpha value is -3.87. The predicted octanol–water partition coefficient (Wildman–Crippen LogP) is 3.67. The molecule has 1 heterocycles. The summed E-state index contributed by atoms with van der Waals surface area (Å²) in [5.74, 6) is -0.161. The number of carbonyl (C=O) groups is 2. The molecule has 0 radical (unpaired) electrons. The van der Waals surface area contributed by atoms with E-state index in [2.05, 4.69) is 10.3 Å². The van der Waals surface area contributed by atoms with Gasteiger partial charge in [0.2, 0.25) is 5.88 Å². The number of ether oxygens (including phenoxy) is 3. The Labute approximate surface area is 181 Å². The van der Waals surface area contributed by atoms with Gasteiger partial charge in [-0.3, -0.25) is 0 Å². The molecule has 7 heteroatoms. The van der Waals surface area contributed by atoms with Crippen molar-refractivity contribution in [2.75, 3.05) is 7.11 Å². The molecule has 3 aromatic rings. The summed E-state index contributed by atoms with van der Waals surface area (Å²) in [5.41, 5.74) is 2.44. The number of carbonyl (C=O) groups excluding carboxylic acids is 2. The highest BCUT2D eigenvalue weighted by atomic mass is 16.6. The van der Waals surface area contributed by atoms with Crippen molar-refractivity contribution in [1.29, 1.82) is 0 Å². The zero-order chi connectivity index (χ0) is 21.9. The maximum Gasteiger partial charge on any atom is 0.408 e. The van der Waals surface area contributed by atoms with Gasteiger partial charge < -0.3 is 19.5 Å². The molecule has 1 N–H and O–H groups in total. The topological polar surface area (TPSA) is 86.8 Å². The van der Waals surface area contributed by atoms with Crippen LogP contribution in [0.25, 0.3) is 0 Å². The maximum atomic E-state index is 12.2. The molecule has 0 saturated carbocycles. The van der Waals surface area contributed by atoms with E-state index in [0.717, 1.165) is 11.1 Å². The van der Waals surface area contributed by atoms with Crippen LogP contribution >= 0.6 is 0 Å². The molecule has 0 fully saturated rings. The molecule has 0 aliphatic carbocycles. The molecule has 1 amide bonds. The summed E-state index contributed by atoms with van der Waals surface area (Å²) in [6.45, 7) is 0.476. The number of pyridine rings is 1. The predicted molar refractivity (Wildman–Crippen MR) is 114 cm³/mol. The minimum atomic E-state index is -0.940. The van der Waals surface area contributed by atoms with Crippen LogP contribution in [0.1, 0.15) is 16.8 Å². The number of hydrogen-bond donors (Lipinski definition) is 1. The minimum Gasteiger partial charge on any atom is -0.473 e. The van der Waals surface area contributed by atoms with E-state index in [0.29, 0.717) is 18.2 Å². The van der Waals surface area contributed by atoms with Crippen molar-refractivity contribution in [3.63, 3.8) is 0 Å². The fourth-order valence-electron chi connectivity index (χ4n) is 2.83. The molecular weight excluding hydrogens is 396 g/mol. The normalized spacial score (nSPS) is 11.3. The molecular formula is C24H24N2O5. The lowest BCUT2D eigenvalue weighted by molar-refractivity contribution is -0.143. The smallest absolute Gasteiger partial charge is 0.408 e. The first kappa shape index (κ1) is 21.8. The first-order chi connectivity index (χ1) is 15.1. The molecule has 0 bridgehead atoms. The van der Waals surface area contributed by atoms with Gasteiger partial charge in [0.25, 0.3) is 0 Å². The third-order valence-electron chi connectivity index (χ3n) is 4.41. The lowest BCUT2D eigenvalue weighted by Gasteiger charge is -2.16. The van der Waals surface area contributed by atoms with Crippen molar-refractivity contribution in [2.45, 2.75) is 25.7 Å². The molecule has 2 aromatic carbocycles. The Morgan fingerprint density at radius 2 is 1.52 bits per heavy atom. The van der Waals surface area contributed by atoms with Gasteiger partial charge in [0.15, 0.2) is 0 Å². The third-order valence-corrected chi connectivity index (χ3v) is 4.41. The van der Waals surface area contributed by atoms with E-state index >= 15 is 0 Å². The first-order valence-corrected chi connectivity index (χ1v) is 9.82. The second-order valence-corrected chi connectivity index (χ2v) is 6.73. The van der Waals surface area contributed by atoms with E-state index in [4.69, 9.17) is 14.2 Å². The van der Waals surface area contributed by atoms with Crippen molar-refractivity contribution in [2.24, 2.45) is 0 Å². The Morgan fingerprint density at radius 3 is 2.16 bits per heavy atom. The quantitative estimate of drug-likeness (QED) is 0.532. The highest BCUT2D eigenvalue weighted by molar-refractivity contribution is 5.81. The van der Waals surface area contributed by atoms with Gasteiger partial charge in [-0.1, -0.05) is 66.7 Å². The Bertz CT molecular complexity index is 980. The van der Waals surface area contributed by atoms with E-state index < -0.39 is 18.1 Å². The summed E-state index contributed by atoms with van der Waals surface area (Å²) in [6, 6.07) is 23.3. The molecule has 160 valence electrons. The molecule has 0 spiro atoms. The van der Waals surface area contributed by atoms with Crippen LogP contribution in [0.3, 0.4) is 0 Å². The van der Waals surface area contributed by atoms with Crippen LogP contribution < -0.4 is 10.1 Å². The average Bonchev–Trinajstić information content (AvgIpc) is 2.82. The maximum absolute atomic E-state index is 12.2. The van der Waals surface area contributed by atoms with Gasteiger partial charge in [0, 0.05) is 18.2 Å². The Morgan fingerprint density at radius 1 is 0.871 bits per heavy atom. The van der Waals surface area contributed by atoms with E-state index in [1.165, 1.54) is 7.11 Å². The van der Waals surface area contributed by atoms with Gasteiger partial charge in [0.05, 0.1) is 7.11 Å². The minimum absolute atomic E-state index is 0.0988. The van der Waals surface area contributed by atoms with Crippen LogP contribution in [0.5, 0.6) is 5.88 Å². The number of amides is 1. The van der Waals surface area contributed by atoms with Gasteiger partial charge in [-0.05, 0) is 17.2 Å². The zero-order valence-electron chi connectivity index (χ0n) is 17.2. The highest BCUT2D eigenvalue weighted by Crippen LogP contribution is 2.12. The summed E-state index contributed by atoms with van der Waals surface area (Å²) < 4.78 is 15.7. The van der Waals surface area contributed by atoms with Crippen LogP contribution in [-0.2, 0) is 33.9 Å². The standard InChI is InChI=1S/C24H24N2O5/c1-29-23(27)21(26-24(28)31-17-19-11-6-3-7-12-19)15-20-13-8-14-22(25-20)30-16-18-9-4-2-5-10-18/h2-14,21H,15-17H2,1H3,(H,26,28). The van der Waals surface area contributed by atoms with E-state index in [1.807, 2.05) is 60.7 Å². The molecule has 0 aliphatic heterocycles. The van der Waals surface area contributed by atoms with E-state index in [9.17, 15) is 9.59 Å². The van der Waals surface area contributed by atoms with Crippen molar-refractivity contribution < 1.29 is 23.8 Å². The van der Waals surface area contributed by atoms with Gasteiger partial charge in [0.1, 0.15) is 19.3 Å². The summed E-state index contributed by atoms with van der Waals surface area (Å²) in [4.78, 5) is 28.8. The largest absolute Gasteiger partial charge is 0.473 e. The molecule has 7 nitrogen and oxygen atoms in total. The number of hydrogen-bond acceptors (Lipinski definition) is 6. The molecule has 31 heavy (non-hydrogen) atoms. The van der Waals surface area contributed by atoms with Gasteiger partial charge in [-0.15, -0.1) is 0 Å². The second-order valence-electron chi connectivity index (χ2n) is 6.73. The van der Waals surface area contributed by atoms with Crippen molar-refractivity contribution in [1.82, 2.24) is 10.3 Å². The third kappa shape index (κ3) is 7.15. The molecule has 0 aliphatic rings. The molecule has 0 saturated heterocycles. The fraction of sp³-hybridized carbons (Fsp3) is 0.208. The fourth-order valence-corrected chi connectivity index (χ4v) is 2.83. The van der Waals surface area contributed by atoms with Crippen molar-refractivity contribution in [3.05, 3.63) is 95.7 Å².